The zero-order valence-electron chi connectivity index (χ0n) is 14.2. The van der Waals surface area contributed by atoms with Crippen molar-refractivity contribution in [2.24, 2.45) is 0 Å². The summed E-state index contributed by atoms with van der Waals surface area (Å²) in [4.78, 5) is 12.2. The number of aromatic nitrogens is 3. The second-order valence-corrected chi connectivity index (χ2v) is 6.83. The Kier molecular flexibility index (Phi) is 4.84. The monoisotopic (exact) mass is 422 g/mol. The first-order chi connectivity index (χ1) is 13.2. The van der Waals surface area contributed by atoms with Gasteiger partial charge in [-0.3, -0.25) is 9.36 Å². The molecule has 3 aromatic carbocycles. The van der Waals surface area contributed by atoms with Crippen LogP contribution < -0.4 is 10.1 Å². The third-order valence-corrected chi connectivity index (χ3v) is 4.48. The number of hydrogen-bond acceptors (Lipinski definition) is 4. The highest BCUT2D eigenvalue weighted by molar-refractivity contribution is 9.10. The summed E-state index contributed by atoms with van der Waals surface area (Å²) in [6, 6.07) is 19.2. The Bertz CT molecular complexity index is 1100. The van der Waals surface area contributed by atoms with Crippen LogP contribution in [0.15, 0.2) is 77.8 Å². The molecule has 1 amide bonds. The molecule has 27 heavy (non-hydrogen) atoms. The van der Waals surface area contributed by atoms with E-state index in [0.717, 1.165) is 20.9 Å². The lowest BCUT2D eigenvalue weighted by atomic mass is 10.1. The number of rotatable bonds is 5. The van der Waals surface area contributed by atoms with Crippen molar-refractivity contribution in [3.8, 4) is 11.4 Å². The number of anilines is 1. The van der Waals surface area contributed by atoms with Crippen molar-refractivity contribution in [1.29, 1.82) is 0 Å². The first kappa shape index (κ1) is 17.2. The van der Waals surface area contributed by atoms with Crippen LogP contribution in [0.5, 0.6) is 5.75 Å². The van der Waals surface area contributed by atoms with E-state index < -0.39 is 0 Å². The van der Waals surface area contributed by atoms with E-state index >= 15 is 0 Å². The minimum Gasteiger partial charge on any atom is -0.484 e. The Balaban J connectivity index is 1.40. The predicted molar refractivity (Wildman–Crippen MR) is 107 cm³/mol. The minimum atomic E-state index is -0.230. The molecule has 0 atom stereocenters. The fraction of sp³-hybridized carbons (Fsp3) is 0.0500. The molecule has 134 valence electrons. The van der Waals surface area contributed by atoms with E-state index in [0.29, 0.717) is 11.4 Å². The van der Waals surface area contributed by atoms with Gasteiger partial charge >= 0.3 is 0 Å². The van der Waals surface area contributed by atoms with Gasteiger partial charge in [-0.2, -0.15) is 0 Å². The lowest BCUT2D eigenvalue weighted by molar-refractivity contribution is -0.118. The van der Waals surface area contributed by atoms with Crippen LogP contribution in [0.3, 0.4) is 0 Å². The van der Waals surface area contributed by atoms with Crippen molar-refractivity contribution in [1.82, 2.24) is 14.8 Å². The highest BCUT2D eigenvalue weighted by Gasteiger charge is 2.06. The summed E-state index contributed by atoms with van der Waals surface area (Å²) in [6.07, 6.45) is 3.20. The summed E-state index contributed by atoms with van der Waals surface area (Å²) in [5.74, 6) is 0.421. The maximum Gasteiger partial charge on any atom is 0.262 e. The molecule has 1 N–H and O–H groups in total. The average Bonchev–Trinajstić information content (AvgIpc) is 3.21. The molecule has 6 nitrogen and oxygen atoms in total. The van der Waals surface area contributed by atoms with Gasteiger partial charge in [-0.1, -0.05) is 34.1 Å². The van der Waals surface area contributed by atoms with Gasteiger partial charge in [-0.25, -0.2) is 0 Å². The number of ether oxygens (including phenoxy) is 1. The zero-order chi connectivity index (χ0) is 18.6. The second-order valence-electron chi connectivity index (χ2n) is 5.91. The molecule has 0 saturated heterocycles. The van der Waals surface area contributed by atoms with E-state index in [1.54, 1.807) is 17.2 Å². The van der Waals surface area contributed by atoms with Crippen molar-refractivity contribution in [3.63, 3.8) is 0 Å². The van der Waals surface area contributed by atoms with E-state index in [9.17, 15) is 4.79 Å². The fourth-order valence-electron chi connectivity index (χ4n) is 2.71. The quantitative estimate of drug-likeness (QED) is 0.523. The molecule has 0 radical (unpaired) electrons. The number of carbonyl (C=O) groups excluding carboxylic acids is 1. The zero-order valence-corrected chi connectivity index (χ0v) is 15.8. The summed E-state index contributed by atoms with van der Waals surface area (Å²) in [7, 11) is 0. The lowest BCUT2D eigenvalue weighted by Gasteiger charge is -2.10. The molecule has 0 spiro atoms. The van der Waals surface area contributed by atoms with Crippen LogP contribution in [-0.2, 0) is 4.79 Å². The number of amides is 1. The second kappa shape index (κ2) is 7.59. The number of fused-ring (bicyclic) bond motifs is 1. The first-order valence-electron chi connectivity index (χ1n) is 8.24. The third-order valence-electron chi connectivity index (χ3n) is 3.99. The number of hydrogen-bond donors (Lipinski definition) is 1. The topological polar surface area (TPSA) is 69.0 Å². The summed E-state index contributed by atoms with van der Waals surface area (Å²) in [5.41, 5.74) is 1.54. The Morgan fingerprint density at radius 2 is 1.78 bits per heavy atom. The summed E-state index contributed by atoms with van der Waals surface area (Å²) < 4.78 is 8.42. The standard InChI is InChI=1S/C20H15BrN4O2/c21-16-6-4-15-9-19(7-5-14(15)8-16)27-11-20(26)24-17-2-1-3-18(10-17)25-12-22-23-13-25/h1-10,12-13H,11H2,(H,24,26). The van der Waals surface area contributed by atoms with Gasteiger partial charge in [0.15, 0.2) is 6.61 Å². The number of carbonyl (C=O) groups is 1. The largest absolute Gasteiger partial charge is 0.484 e. The van der Waals surface area contributed by atoms with Gasteiger partial charge < -0.3 is 10.1 Å². The van der Waals surface area contributed by atoms with Gasteiger partial charge in [0.1, 0.15) is 18.4 Å². The molecular formula is C20H15BrN4O2. The third kappa shape index (κ3) is 4.15. The van der Waals surface area contributed by atoms with Gasteiger partial charge in [0, 0.05) is 10.2 Å². The molecule has 0 aliphatic heterocycles. The fourth-order valence-corrected chi connectivity index (χ4v) is 3.09. The van der Waals surface area contributed by atoms with Gasteiger partial charge in [-0.15, -0.1) is 10.2 Å². The van der Waals surface area contributed by atoms with E-state index in [-0.39, 0.29) is 12.5 Å². The van der Waals surface area contributed by atoms with E-state index in [4.69, 9.17) is 4.74 Å². The predicted octanol–water partition coefficient (Wildman–Crippen LogP) is 4.20. The molecule has 1 aromatic heterocycles. The van der Waals surface area contributed by atoms with E-state index in [1.165, 1.54) is 0 Å². The van der Waals surface area contributed by atoms with Gasteiger partial charge in [0.25, 0.3) is 5.91 Å². The van der Waals surface area contributed by atoms with Crippen molar-refractivity contribution in [2.75, 3.05) is 11.9 Å². The molecule has 0 bridgehead atoms. The molecule has 4 aromatic rings. The van der Waals surface area contributed by atoms with Crippen molar-refractivity contribution < 1.29 is 9.53 Å². The lowest BCUT2D eigenvalue weighted by Crippen LogP contribution is -2.20. The van der Waals surface area contributed by atoms with E-state index in [2.05, 4.69) is 31.4 Å². The Hall–Kier alpha value is -3.19. The molecule has 0 unspecified atom stereocenters. The van der Waals surface area contributed by atoms with Crippen molar-refractivity contribution in [2.45, 2.75) is 0 Å². The molecule has 4 rings (SSSR count). The molecule has 0 aliphatic carbocycles. The van der Waals surface area contributed by atoms with Crippen molar-refractivity contribution >= 4 is 38.3 Å². The molecule has 0 fully saturated rings. The number of nitrogens with zero attached hydrogens (tertiary/aromatic N) is 3. The summed E-state index contributed by atoms with van der Waals surface area (Å²) >= 11 is 3.46. The smallest absolute Gasteiger partial charge is 0.262 e. The SMILES string of the molecule is O=C(COc1ccc2cc(Br)ccc2c1)Nc1cccc(-n2cnnc2)c1. The normalized spacial score (nSPS) is 10.7. The minimum absolute atomic E-state index is 0.0705. The van der Waals surface area contributed by atoms with Crippen LogP contribution in [-0.4, -0.2) is 27.3 Å². The van der Waals surface area contributed by atoms with Crippen molar-refractivity contribution in [3.05, 3.63) is 77.8 Å². The molecular weight excluding hydrogens is 408 g/mol. The molecule has 0 saturated carbocycles. The van der Waals surface area contributed by atoms with Crippen LogP contribution in [0.2, 0.25) is 0 Å². The molecule has 0 aliphatic rings. The average molecular weight is 423 g/mol. The highest BCUT2D eigenvalue weighted by atomic mass is 79.9. The van der Waals surface area contributed by atoms with Crippen LogP contribution >= 0.6 is 15.9 Å². The van der Waals surface area contributed by atoms with Gasteiger partial charge in [0.05, 0.1) is 5.69 Å². The summed E-state index contributed by atoms with van der Waals surface area (Å²) in [5, 5.41) is 12.6. The van der Waals surface area contributed by atoms with E-state index in [1.807, 2.05) is 60.7 Å². The Morgan fingerprint density at radius 1 is 1.00 bits per heavy atom. The van der Waals surface area contributed by atoms with Crippen LogP contribution in [0.4, 0.5) is 5.69 Å². The maximum atomic E-state index is 12.2. The molecule has 1 heterocycles. The van der Waals surface area contributed by atoms with Gasteiger partial charge in [0.2, 0.25) is 0 Å². The maximum absolute atomic E-state index is 12.2. The highest BCUT2D eigenvalue weighted by Crippen LogP contribution is 2.24. The number of nitrogens with one attached hydrogen (secondary N) is 1. The number of halogens is 1. The number of benzene rings is 3. The summed E-state index contributed by atoms with van der Waals surface area (Å²) in [6.45, 7) is -0.0705. The molecule has 7 heteroatoms. The van der Waals surface area contributed by atoms with Crippen LogP contribution in [0, 0.1) is 0 Å². The van der Waals surface area contributed by atoms with Crippen LogP contribution in [0.25, 0.3) is 16.5 Å². The van der Waals surface area contributed by atoms with Crippen LogP contribution in [0.1, 0.15) is 0 Å². The Labute approximate surface area is 163 Å². The Morgan fingerprint density at radius 3 is 2.63 bits per heavy atom. The van der Waals surface area contributed by atoms with Gasteiger partial charge in [-0.05, 0) is 53.2 Å². The first-order valence-corrected chi connectivity index (χ1v) is 9.04.